The van der Waals surface area contributed by atoms with E-state index in [-0.39, 0.29) is 54.6 Å². The van der Waals surface area contributed by atoms with E-state index < -0.39 is 11.7 Å². The number of aromatic amines is 1. The standard InChI is InChI=1S/C18H23FN4O3/c1-3-10(2)14(9-24)20-18(26)11-7-15(25)23(8-11)17-16-12(19)5-4-6-13(16)21-22-17/h4-6,10-11,14,24H,3,7-9H2,1-2H3,(H,20,26)(H,21,22). The quantitative estimate of drug-likeness (QED) is 0.727. The minimum atomic E-state index is -0.556. The van der Waals surface area contributed by atoms with Gasteiger partial charge in [0.15, 0.2) is 5.82 Å². The van der Waals surface area contributed by atoms with Gasteiger partial charge < -0.3 is 10.4 Å². The van der Waals surface area contributed by atoms with Crippen LogP contribution in [-0.2, 0) is 9.59 Å². The van der Waals surface area contributed by atoms with Gasteiger partial charge in [0.2, 0.25) is 11.8 Å². The van der Waals surface area contributed by atoms with Gasteiger partial charge in [-0.15, -0.1) is 0 Å². The summed E-state index contributed by atoms with van der Waals surface area (Å²) in [5.74, 6) is -1.24. The van der Waals surface area contributed by atoms with Crippen LogP contribution in [0.1, 0.15) is 26.7 Å². The van der Waals surface area contributed by atoms with E-state index in [4.69, 9.17) is 0 Å². The third kappa shape index (κ3) is 3.29. The molecule has 3 N–H and O–H groups in total. The third-order valence-corrected chi connectivity index (χ3v) is 5.13. The van der Waals surface area contributed by atoms with E-state index in [0.29, 0.717) is 5.52 Å². The zero-order chi connectivity index (χ0) is 18.8. The van der Waals surface area contributed by atoms with Crippen LogP contribution in [-0.4, -0.2) is 46.3 Å². The van der Waals surface area contributed by atoms with Crippen molar-refractivity contribution in [3.8, 4) is 0 Å². The summed E-state index contributed by atoms with van der Waals surface area (Å²) in [6, 6.07) is 4.20. The number of rotatable bonds is 6. The van der Waals surface area contributed by atoms with E-state index in [2.05, 4.69) is 15.5 Å². The highest BCUT2D eigenvalue weighted by molar-refractivity contribution is 6.05. The first-order valence-electron chi connectivity index (χ1n) is 8.80. The zero-order valence-electron chi connectivity index (χ0n) is 14.8. The van der Waals surface area contributed by atoms with Gasteiger partial charge in [0.05, 0.1) is 29.5 Å². The van der Waals surface area contributed by atoms with Gasteiger partial charge in [0.1, 0.15) is 5.82 Å². The molecule has 140 valence electrons. The number of nitrogens with zero attached hydrogens (tertiary/aromatic N) is 2. The summed E-state index contributed by atoms with van der Waals surface area (Å²) in [6.07, 6.45) is 0.854. The largest absolute Gasteiger partial charge is 0.394 e. The average Bonchev–Trinajstić information content (AvgIpc) is 3.23. The fourth-order valence-corrected chi connectivity index (χ4v) is 3.25. The molecule has 1 aromatic carbocycles. The van der Waals surface area contributed by atoms with Gasteiger partial charge in [-0.1, -0.05) is 26.3 Å². The highest BCUT2D eigenvalue weighted by Gasteiger charge is 2.38. The minimum Gasteiger partial charge on any atom is -0.394 e. The molecule has 2 aromatic rings. The number of halogens is 1. The summed E-state index contributed by atoms with van der Waals surface area (Å²) in [7, 11) is 0. The lowest BCUT2D eigenvalue weighted by Crippen LogP contribution is -2.45. The Hall–Kier alpha value is -2.48. The lowest BCUT2D eigenvalue weighted by molar-refractivity contribution is -0.127. The van der Waals surface area contributed by atoms with Crippen molar-refractivity contribution in [2.24, 2.45) is 11.8 Å². The first-order chi connectivity index (χ1) is 12.5. The summed E-state index contributed by atoms with van der Waals surface area (Å²) in [5.41, 5.74) is 0.498. The SMILES string of the molecule is CCC(C)C(CO)NC(=O)C1CC(=O)N(c2n[nH]c3cccc(F)c23)C1. The summed E-state index contributed by atoms with van der Waals surface area (Å²) >= 11 is 0. The van der Waals surface area contributed by atoms with Crippen molar-refractivity contribution < 1.29 is 19.1 Å². The number of hydrogen-bond donors (Lipinski definition) is 3. The maximum Gasteiger partial charge on any atom is 0.229 e. The number of benzene rings is 1. The molecule has 3 unspecified atom stereocenters. The van der Waals surface area contributed by atoms with Crippen molar-refractivity contribution in [3.05, 3.63) is 24.0 Å². The van der Waals surface area contributed by atoms with E-state index in [9.17, 15) is 19.1 Å². The molecule has 0 radical (unpaired) electrons. The molecule has 7 nitrogen and oxygen atoms in total. The molecule has 1 fully saturated rings. The average molecular weight is 362 g/mol. The summed E-state index contributed by atoms with van der Waals surface area (Å²) in [5, 5.41) is 19.3. The molecule has 2 heterocycles. The molecule has 0 aliphatic carbocycles. The zero-order valence-corrected chi connectivity index (χ0v) is 14.8. The maximum absolute atomic E-state index is 14.2. The van der Waals surface area contributed by atoms with Crippen molar-refractivity contribution in [2.45, 2.75) is 32.7 Å². The molecular weight excluding hydrogens is 339 g/mol. The predicted molar refractivity (Wildman–Crippen MR) is 95.0 cm³/mol. The summed E-state index contributed by atoms with van der Waals surface area (Å²) in [6.45, 7) is 3.92. The lowest BCUT2D eigenvalue weighted by atomic mass is 9.98. The first-order valence-corrected chi connectivity index (χ1v) is 8.80. The molecule has 0 spiro atoms. The molecule has 2 amide bonds. The second-order valence-corrected chi connectivity index (χ2v) is 6.80. The van der Waals surface area contributed by atoms with E-state index in [1.807, 2.05) is 13.8 Å². The second kappa shape index (κ2) is 7.41. The number of fused-ring (bicyclic) bond motifs is 1. The fraction of sp³-hybridized carbons (Fsp3) is 0.500. The van der Waals surface area contributed by atoms with Gasteiger partial charge in [-0.2, -0.15) is 5.10 Å². The molecule has 3 rings (SSSR count). The Morgan fingerprint density at radius 3 is 3.00 bits per heavy atom. The number of carbonyl (C=O) groups excluding carboxylic acids is 2. The Morgan fingerprint density at radius 1 is 1.54 bits per heavy atom. The van der Waals surface area contributed by atoms with E-state index in [1.165, 1.54) is 11.0 Å². The molecular formula is C18H23FN4O3. The molecule has 0 saturated carbocycles. The van der Waals surface area contributed by atoms with Crippen LogP contribution in [0.2, 0.25) is 0 Å². The molecule has 26 heavy (non-hydrogen) atoms. The van der Waals surface area contributed by atoms with Gasteiger partial charge in [0, 0.05) is 13.0 Å². The Balaban J connectivity index is 1.77. The topological polar surface area (TPSA) is 98.3 Å². The number of hydrogen-bond acceptors (Lipinski definition) is 4. The number of nitrogens with one attached hydrogen (secondary N) is 2. The van der Waals surface area contributed by atoms with Gasteiger partial charge >= 0.3 is 0 Å². The van der Waals surface area contributed by atoms with Crippen LogP contribution in [0.15, 0.2) is 18.2 Å². The molecule has 8 heteroatoms. The number of aliphatic hydroxyl groups is 1. The monoisotopic (exact) mass is 362 g/mol. The molecule has 3 atom stereocenters. The van der Waals surface area contributed by atoms with Crippen LogP contribution in [0.3, 0.4) is 0 Å². The van der Waals surface area contributed by atoms with Crippen LogP contribution in [0.4, 0.5) is 10.2 Å². The van der Waals surface area contributed by atoms with Crippen molar-refractivity contribution in [2.75, 3.05) is 18.1 Å². The van der Waals surface area contributed by atoms with Gasteiger partial charge in [-0.3, -0.25) is 19.6 Å². The van der Waals surface area contributed by atoms with Crippen molar-refractivity contribution in [3.63, 3.8) is 0 Å². The highest BCUT2D eigenvalue weighted by atomic mass is 19.1. The second-order valence-electron chi connectivity index (χ2n) is 6.80. The van der Waals surface area contributed by atoms with E-state index in [1.54, 1.807) is 12.1 Å². The van der Waals surface area contributed by atoms with Crippen LogP contribution >= 0.6 is 0 Å². The Kier molecular flexibility index (Phi) is 5.22. The van der Waals surface area contributed by atoms with Crippen molar-refractivity contribution in [1.82, 2.24) is 15.5 Å². The van der Waals surface area contributed by atoms with Crippen LogP contribution in [0.25, 0.3) is 10.9 Å². The van der Waals surface area contributed by atoms with Crippen LogP contribution in [0, 0.1) is 17.7 Å². The predicted octanol–water partition coefficient (Wildman–Crippen LogP) is 1.58. The number of anilines is 1. The molecule has 0 bridgehead atoms. The maximum atomic E-state index is 14.2. The number of H-pyrrole nitrogens is 1. The normalized spacial score (nSPS) is 19.8. The third-order valence-electron chi connectivity index (χ3n) is 5.13. The van der Waals surface area contributed by atoms with Crippen LogP contribution < -0.4 is 10.2 Å². The Morgan fingerprint density at radius 2 is 2.31 bits per heavy atom. The van der Waals surface area contributed by atoms with Crippen molar-refractivity contribution >= 4 is 28.5 Å². The summed E-state index contributed by atoms with van der Waals surface area (Å²) < 4.78 is 14.2. The first kappa shape index (κ1) is 18.3. The van der Waals surface area contributed by atoms with Gasteiger partial charge in [-0.25, -0.2) is 4.39 Å². The lowest BCUT2D eigenvalue weighted by Gasteiger charge is -2.23. The summed E-state index contributed by atoms with van der Waals surface area (Å²) in [4.78, 5) is 26.3. The van der Waals surface area contributed by atoms with Crippen molar-refractivity contribution in [1.29, 1.82) is 0 Å². The number of carbonyl (C=O) groups is 2. The Bertz CT molecular complexity index is 822. The molecule has 1 aromatic heterocycles. The van der Waals surface area contributed by atoms with E-state index >= 15 is 0 Å². The molecule has 1 aliphatic heterocycles. The molecule has 1 saturated heterocycles. The molecule has 1 aliphatic rings. The van der Waals surface area contributed by atoms with Gasteiger partial charge in [0.25, 0.3) is 0 Å². The fourth-order valence-electron chi connectivity index (χ4n) is 3.25. The smallest absolute Gasteiger partial charge is 0.229 e. The van der Waals surface area contributed by atoms with E-state index in [0.717, 1.165) is 6.42 Å². The number of aromatic nitrogens is 2. The number of aliphatic hydroxyl groups excluding tert-OH is 1. The van der Waals surface area contributed by atoms with Crippen LogP contribution in [0.5, 0.6) is 0 Å². The number of amides is 2. The van der Waals surface area contributed by atoms with Gasteiger partial charge in [-0.05, 0) is 18.1 Å². The minimum absolute atomic E-state index is 0.0350. The highest BCUT2D eigenvalue weighted by Crippen LogP contribution is 2.31. The Labute approximate surface area is 150 Å².